The van der Waals surface area contributed by atoms with E-state index in [4.69, 9.17) is 0 Å². The van der Waals surface area contributed by atoms with Crippen molar-refractivity contribution in [3.63, 3.8) is 0 Å². The second kappa shape index (κ2) is 5.73. The van der Waals surface area contributed by atoms with Gasteiger partial charge >= 0.3 is 0 Å². The molecule has 0 amide bonds. The number of halogens is 1. The zero-order valence-electron chi connectivity index (χ0n) is 11.2. The molecule has 3 rings (SSSR count). The molecule has 0 aliphatic heterocycles. The van der Waals surface area contributed by atoms with Crippen molar-refractivity contribution in [3.05, 3.63) is 76.5 Å². The molecule has 2 nitrogen and oxygen atoms in total. The maximum atomic E-state index is 4.27. The van der Waals surface area contributed by atoms with Gasteiger partial charge in [0.1, 0.15) is 0 Å². The lowest BCUT2D eigenvalue weighted by molar-refractivity contribution is 0.693. The van der Waals surface area contributed by atoms with Crippen molar-refractivity contribution in [2.45, 2.75) is 6.04 Å². The highest BCUT2D eigenvalue weighted by Gasteiger charge is 2.15. The molecular weight excluding hydrogens is 312 g/mol. The van der Waals surface area contributed by atoms with E-state index in [1.807, 2.05) is 13.2 Å². The summed E-state index contributed by atoms with van der Waals surface area (Å²) in [6.45, 7) is 0. The molecule has 0 saturated carbocycles. The predicted molar refractivity (Wildman–Crippen MR) is 86.8 cm³/mol. The molecule has 3 heteroatoms. The summed E-state index contributed by atoms with van der Waals surface area (Å²) in [4.78, 5) is 4.27. The van der Waals surface area contributed by atoms with Crippen LogP contribution < -0.4 is 5.32 Å². The minimum absolute atomic E-state index is 0.131. The standard InChI is InChI=1S/C17H15BrN2/c1-19-17(13-9-14(18)11-20-10-13)16-8-4-6-12-5-2-3-7-15(12)16/h2-11,17,19H,1H3. The van der Waals surface area contributed by atoms with Gasteiger partial charge < -0.3 is 5.32 Å². The van der Waals surface area contributed by atoms with Crippen molar-refractivity contribution in [2.24, 2.45) is 0 Å². The van der Waals surface area contributed by atoms with Gasteiger partial charge in [-0.3, -0.25) is 4.98 Å². The molecular formula is C17H15BrN2. The van der Waals surface area contributed by atoms with Crippen LogP contribution in [0.15, 0.2) is 65.4 Å². The van der Waals surface area contributed by atoms with E-state index < -0.39 is 0 Å². The van der Waals surface area contributed by atoms with Crippen LogP contribution in [0.3, 0.4) is 0 Å². The summed E-state index contributed by atoms with van der Waals surface area (Å²) in [6.07, 6.45) is 3.72. The fraction of sp³-hybridized carbons (Fsp3) is 0.118. The Morgan fingerprint density at radius 3 is 2.65 bits per heavy atom. The van der Waals surface area contributed by atoms with E-state index in [0.29, 0.717) is 0 Å². The number of rotatable bonds is 3. The molecule has 0 spiro atoms. The van der Waals surface area contributed by atoms with Gasteiger partial charge in [0.2, 0.25) is 0 Å². The van der Waals surface area contributed by atoms with Gasteiger partial charge in [0.05, 0.1) is 6.04 Å². The quantitative estimate of drug-likeness (QED) is 0.775. The molecule has 2 aromatic carbocycles. The summed E-state index contributed by atoms with van der Waals surface area (Å²) in [5, 5.41) is 5.92. The average molecular weight is 327 g/mol. The van der Waals surface area contributed by atoms with Crippen LogP contribution in [0.4, 0.5) is 0 Å². The largest absolute Gasteiger partial charge is 0.309 e. The van der Waals surface area contributed by atoms with Crippen molar-refractivity contribution in [3.8, 4) is 0 Å². The minimum atomic E-state index is 0.131. The van der Waals surface area contributed by atoms with Gasteiger partial charge in [-0.1, -0.05) is 42.5 Å². The summed E-state index contributed by atoms with van der Waals surface area (Å²) in [7, 11) is 1.98. The first kappa shape index (κ1) is 13.3. The number of aromatic nitrogens is 1. The number of benzene rings is 2. The van der Waals surface area contributed by atoms with Crippen LogP contribution in [0, 0.1) is 0 Å². The van der Waals surface area contributed by atoms with Gasteiger partial charge in [0.25, 0.3) is 0 Å². The molecule has 0 bridgehead atoms. The molecule has 0 radical (unpaired) electrons. The van der Waals surface area contributed by atoms with Crippen LogP contribution in [-0.4, -0.2) is 12.0 Å². The van der Waals surface area contributed by atoms with E-state index in [9.17, 15) is 0 Å². The highest BCUT2D eigenvalue weighted by atomic mass is 79.9. The molecule has 1 N–H and O–H groups in total. The Kier molecular flexibility index (Phi) is 3.81. The molecule has 1 unspecified atom stereocenters. The fourth-order valence-electron chi connectivity index (χ4n) is 2.59. The zero-order valence-corrected chi connectivity index (χ0v) is 12.8. The third kappa shape index (κ3) is 2.47. The Morgan fingerprint density at radius 1 is 1.05 bits per heavy atom. The van der Waals surface area contributed by atoms with E-state index in [1.165, 1.54) is 16.3 Å². The highest BCUT2D eigenvalue weighted by molar-refractivity contribution is 9.10. The van der Waals surface area contributed by atoms with Crippen molar-refractivity contribution in [2.75, 3.05) is 7.05 Å². The predicted octanol–water partition coefficient (Wildman–Crippen LogP) is 4.31. The number of pyridine rings is 1. The van der Waals surface area contributed by atoms with E-state index in [-0.39, 0.29) is 6.04 Å². The lowest BCUT2D eigenvalue weighted by atomic mass is 9.95. The van der Waals surface area contributed by atoms with Crippen LogP contribution >= 0.6 is 15.9 Å². The summed E-state index contributed by atoms with van der Waals surface area (Å²) in [5.41, 5.74) is 2.42. The monoisotopic (exact) mass is 326 g/mol. The van der Waals surface area contributed by atoms with Gasteiger partial charge in [0.15, 0.2) is 0 Å². The van der Waals surface area contributed by atoms with Gasteiger partial charge in [-0.25, -0.2) is 0 Å². The summed E-state index contributed by atoms with van der Waals surface area (Å²) < 4.78 is 0.996. The topological polar surface area (TPSA) is 24.9 Å². The highest BCUT2D eigenvalue weighted by Crippen LogP contribution is 2.29. The molecule has 1 aromatic heterocycles. The fourth-order valence-corrected chi connectivity index (χ4v) is 2.97. The van der Waals surface area contributed by atoms with Gasteiger partial charge in [-0.2, -0.15) is 0 Å². The van der Waals surface area contributed by atoms with Gasteiger partial charge in [-0.05, 0) is 50.9 Å². The van der Waals surface area contributed by atoms with Crippen molar-refractivity contribution >= 4 is 26.7 Å². The molecule has 0 saturated heterocycles. The molecule has 0 fully saturated rings. The van der Waals surface area contributed by atoms with Crippen LogP contribution in [0.5, 0.6) is 0 Å². The number of hydrogen-bond donors (Lipinski definition) is 1. The molecule has 100 valence electrons. The summed E-state index contributed by atoms with van der Waals surface area (Å²) in [5.74, 6) is 0. The smallest absolute Gasteiger partial charge is 0.0596 e. The van der Waals surface area contributed by atoms with Crippen molar-refractivity contribution in [1.29, 1.82) is 0 Å². The number of nitrogens with one attached hydrogen (secondary N) is 1. The molecule has 1 heterocycles. The minimum Gasteiger partial charge on any atom is -0.309 e. The van der Waals surface area contributed by atoms with E-state index in [0.717, 1.165) is 10.0 Å². The third-order valence-corrected chi connectivity index (χ3v) is 3.92. The Morgan fingerprint density at radius 2 is 1.85 bits per heavy atom. The lowest BCUT2D eigenvalue weighted by Crippen LogP contribution is -2.18. The second-order valence-corrected chi connectivity index (χ2v) is 5.64. The molecule has 3 aromatic rings. The maximum absolute atomic E-state index is 4.27. The Hall–Kier alpha value is -1.71. The zero-order chi connectivity index (χ0) is 13.9. The normalized spacial score (nSPS) is 12.5. The number of fused-ring (bicyclic) bond motifs is 1. The van der Waals surface area contributed by atoms with Crippen LogP contribution in [0.1, 0.15) is 17.2 Å². The lowest BCUT2D eigenvalue weighted by Gasteiger charge is -2.19. The first-order chi connectivity index (χ1) is 9.79. The molecule has 1 atom stereocenters. The van der Waals surface area contributed by atoms with E-state index >= 15 is 0 Å². The Labute approximate surface area is 127 Å². The summed E-state index contributed by atoms with van der Waals surface area (Å²) >= 11 is 3.49. The number of hydrogen-bond acceptors (Lipinski definition) is 2. The van der Waals surface area contributed by atoms with Gasteiger partial charge in [0, 0.05) is 16.9 Å². The molecule has 0 aliphatic rings. The summed E-state index contributed by atoms with van der Waals surface area (Å²) in [6, 6.07) is 17.1. The molecule has 0 aliphatic carbocycles. The maximum Gasteiger partial charge on any atom is 0.0596 e. The van der Waals surface area contributed by atoms with Crippen LogP contribution in [0.25, 0.3) is 10.8 Å². The van der Waals surface area contributed by atoms with Crippen molar-refractivity contribution < 1.29 is 0 Å². The third-order valence-electron chi connectivity index (χ3n) is 3.48. The first-order valence-corrected chi connectivity index (χ1v) is 7.34. The van der Waals surface area contributed by atoms with E-state index in [2.05, 4.69) is 74.8 Å². The van der Waals surface area contributed by atoms with Crippen LogP contribution in [0.2, 0.25) is 0 Å². The average Bonchev–Trinajstić information content (AvgIpc) is 2.48. The Bertz CT molecular complexity index is 734. The second-order valence-electron chi connectivity index (χ2n) is 4.73. The van der Waals surface area contributed by atoms with Gasteiger partial charge in [-0.15, -0.1) is 0 Å². The number of nitrogens with zero attached hydrogens (tertiary/aromatic N) is 1. The van der Waals surface area contributed by atoms with Crippen molar-refractivity contribution in [1.82, 2.24) is 10.3 Å². The first-order valence-electron chi connectivity index (χ1n) is 6.55. The van der Waals surface area contributed by atoms with E-state index in [1.54, 1.807) is 6.20 Å². The SMILES string of the molecule is CNC(c1cncc(Br)c1)c1cccc2ccccc12. The molecule has 20 heavy (non-hydrogen) atoms. The van der Waals surface area contributed by atoms with Crippen LogP contribution in [-0.2, 0) is 0 Å². The Balaban J connectivity index is 2.17.